The third-order valence-electron chi connectivity index (χ3n) is 4.23. The Morgan fingerprint density at radius 1 is 0.920 bits per heavy atom. The zero-order valence-electron chi connectivity index (χ0n) is 14.8. The highest BCUT2D eigenvalue weighted by atomic mass is 16.5. The third kappa shape index (κ3) is 3.74. The fourth-order valence-electron chi connectivity index (χ4n) is 2.75. The highest BCUT2D eigenvalue weighted by molar-refractivity contribution is 5.66. The van der Waals surface area contributed by atoms with E-state index in [9.17, 15) is 4.79 Å². The number of rotatable bonds is 5. The molecule has 0 unspecified atom stereocenters. The van der Waals surface area contributed by atoms with Crippen LogP contribution in [0.4, 0.5) is 5.69 Å². The highest BCUT2D eigenvalue weighted by Gasteiger charge is 2.04. The molecule has 0 aliphatic rings. The molecule has 1 heterocycles. The minimum Gasteiger partial charge on any atom is -0.491 e. The van der Waals surface area contributed by atoms with E-state index >= 15 is 0 Å². The van der Waals surface area contributed by atoms with E-state index in [0.29, 0.717) is 12.3 Å². The lowest BCUT2D eigenvalue weighted by Gasteiger charge is -2.13. The maximum absolute atomic E-state index is 12.2. The third-order valence-corrected chi connectivity index (χ3v) is 4.23. The van der Waals surface area contributed by atoms with Crippen LogP contribution in [0.5, 0.6) is 5.75 Å². The Kier molecular flexibility index (Phi) is 4.89. The predicted octanol–water partition coefficient (Wildman–Crippen LogP) is 3.64. The Labute approximate surface area is 147 Å². The largest absolute Gasteiger partial charge is 0.491 e. The summed E-state index contributed by atoms with van der Waals surface area (Å²) in [5, 5.41) is 0. The summed E-state index contributed by atoms with van der Waals surface area (Å²) in [5.74, 6) is 0.361. The maximum atomic E-state index is 12.2. The molecular formula is C21H22N2O2. The van der Waals surface area contributed by atoms with Gasteiger partial charge in [0.15, 0.2) is 5.75 Å². The number of benzene rings is 2. The molecule has 0 aliphatic carbocycles. The van der Waals surface area contributed by atoms with E-state index < -0.39 is 0 Å². The summed E-state index contributed by atoms with van der Waals surface area (Å²) < 4.78 is 6.74. The van der Waals surface area contributed by atoms with Crippen LogP contribution in [-0.4, -0.2) is 25.8 Å². The fourth-order valence-corrected chi connectivity index (χ4v) is 2.75. The van der Waals surface area contributed by atoms with Gasteiger partial charge in [0, 0.05) is 26.0 Å². The van der Waals surface area contributed by atoms with Gasteiger partial charge in [0.25, 0.3) is 5.56 Å². The summed E-state index contributed by atoms with van der Waals surface area (Å²) >= 11 is 0. The lowest BCUT2D eigenvalue weighted by molar-refractivity contribution is 0.403. The first-order chi connectivity index (χ1) is 12.1. The minimum absolute atomic E-state index is 0.117. The average molecular weight is 334 g/mol. The van der Waals surface area contributed by atoms with Crippen molar-refractivity contribution in [3.8, 4) is 16.9 Å². The van der Waals surface area contributed by atoms with Gasteiger partial charge in [0.1, 0.15) is 0 Å². The van der Waals surface area contributed by atoms with Gasteiger partial charge in [0.05, 0.1) is 13.7 Å². The molecule has 0 spiro atoms. The molecule has 4 nitrogen and oxygen atoms in total. The molecule has 128 valence electrons. The van der Waals surface area contributed by atoms with Crippen molar-refractivity contribution >= 4 is 5.69 Å². The lowest BCUT2D eigenvalue weighted by Crippen LogP contribution is -2.20. The van der Waals surface area contributed by atoms with Crippen LogP contribution in [0.15, 0.2) is 71.7 Å². The number of hydrogen-bond acceptors (Lipinski definition) is 3. The fraction of sp³-hybridized carbons (Fsp3) is 0.190. The Hall–Kier alpha value is -3.01. The zero-order chi connectivity index (χ0) is 17.8. The van der Waals surface area contributed by atoms with E-state index in [2.05, 4.69) is 53.4 Å². The molecule has 0 atom stereocenters. The van der Waals surface area contributed by atoms with Crippen molar-refractivity contribution in [1.29, 1.82) is 0 Å². The first-order valence-electron chi connectivity index (χ1n) is 8.18. The van der Waals surface area contributed by atoms with Crippen molar-refractivity contribution in [2.24, 2.45) is 0 Å². The molecule has 0 amide bonds. The molecular weight excluding hydrogens is 312 g/mol. The van der Waals surface area contributed by atoms with E-state index in [-0.39, 0.29) is 5.56 Å². The number of pyridine rings is 1. The van der Waals surface area contributed by atoms with Crippen molar-refractivity contribution in [2.45, 2.75) is 6.54 Å². The molecule has 3 rings (SSSR count). The number of hydrogen-bond donors (Lipinski definition) is 0. The number of nitrogens with zero attached hydrogens (tertiary/aromatic N) is 2. The summed E-state index contributed by atoms with van der Waals surface area (Å²) in [6.45, 7) is 0.524. The minimum atomic E-state index is -0.117. The SMILES string of the molecule is COc1cccn(Cc2ccc(-c3ccc(N(C)C)cc3)cc2)c1=O. The second-order valence-corrected chi connectivity index (χ2v) is 6.15. The van der Waals surface area contributed by atoms with Gasteiger partial charge < -0.3 is 14.2 Å². The van der Waals surface area contributed by atoms with Gasteiger partial charge in [-0.2, -0.15) is 0 Å². The first kappa shape index (κ1) is 16.8. The number of methoxy groups -OCH3 is 1. The number of anilines is 1. The second kappa shape index (κ2) is 7.26. The molecule has 2 aromatic carbocycles. The molecule has 0 fully saturated rings. The second-order valence-electron chi connectivity index (χ2n) is 6.15. The predicted molar refractivity (Wildman–Crippen MR) is 103 cm³/mol. The van der Waals surface area contributed by atoms with Crippen molar-refractivity contribution < 1.29 is 4.74 Å². The number of ether oxygens (including phenoxy) is 1. The van der Waals surface area contributed by atoms with Crippen LogP contribution in [0.25, 0.3) is 11.1 Å². The monoisotopic (exact) mass is 334 g/mol. The van der Waals surface area contributed by atoms with E-state index in [4.69, 9.17) is 4.74 Å². The van der Waals surface area contributed by atoms with Gasteiger partial charge in [-0.25, -0.2) is 0 Å². The van der Waals surface area contributed by atoms with Crippen LogP contribution in [0.2, 0.25) is 0 Å². The van der Waals surface area contributed by atoms with Crippen LogP contribution < -0.4 is 15.2 Å². The van der Waals surface area contributed by atoms with Gasteiger partial charge in [-0.15, -0.1) is 0 Å². The van der Waals surface area contributed by atoms with Gasteiger partial charge in [-0.1, -0.05) is 36.4 Å². The van der Waals surface area contributed by atoms with Gasteiger partial charge in [-0.3, -0.25) is 4.79 Å². The standard InChI is InChI=1S/C21H22N2O2/c1-22(2)19-12-10-18(11-13-19)17-8-6-16(7-9-17)15-23-14-4-5-20(25-3)21(23)24/h4-14H,15H2,1-3H3. The Bertz CT molecular complexity index is 894. The summed E-state index contributed by atoms with van der Waals surface area (Å²) in [7, 11) is 5.58. The molecule has 25 heavy (non-hydrogen) atoms. The molecule has 0 bridgehead atoms. The average Bonchev–Trinajstić information content (AvgIpc) is 2.64. The van der Waals surface area contributed by atoms with Crippen molar-refractivity contribution in [1.82, 2.24) is 4.57 Å². The number of aromatic nitrogens is 1. The van der Waals surface area contributed by atoms with Crippen molar-refractivity contribution in [3.05, 3.63) is 82.8 Å². The van der Waals surface area contributed by atoms with E-state index in [1.54, 1.807) is 16.8 Å². The van der Waals surface area contributed by atoms with Crippen LogP contribution >= 0.6 is 0 Å². The summed E-state index contributed by atoms with van der Waals surface area (Å²) in [6, 6.07) is 20.3. The molecule has 0 aliphatic heterocycles. The lowest BCUT2D eigenvalue weighted by atomic mass is 10.0. The quantitative estimate of drug-likeness (QED) is 0.714. The van der Waals surface area contributed by atoms with E-state index in [1.807, 2.05) is 20.2 Å². The molecule has 1 aromatic heterocycles. The van der Waals surface area contributed by atoms with Gasteiger partial charge in [0.2, 0.25) is 0 Å². The summed E-state index contributed by atoms with van der Waals surface area (Å²) in [5.41, 5.74) is 4.47. The Balaban J connectivity index is 1.80. The van der Waals surface area contributed by atoms with E-state index in [0.717, 1.165) is 11.1 Å². The molecule has 0 saturated carbocycles. The highest BCUT2D eigenvalue weighted by Crippen LogP contribution is 2.23. The summed E-state index contributed by atoms with van der Waals surface area (Å²) in [6.07, 6.45) is 1.78. The molecule has 0 radical (unpaired) electrons. The molecule has 3 aromatic rings. The van der Waals surface area contributed by atoms with Crippen LogP contribution in [0.3, 0.4) is 0 Å². The van der Waals surface area contributed by atoms with Crippen LogP contribution in [-0.2, 0) is 6.54 Å². The molecule has 0 N–H and O–H groups in total. The maximum Gasteiger partial charge on any atom is 0.293 e. The van der Waals surface area contributed by atoms with Crippen LogP contribution in [0.1, 0.15) is 5.56 Å². The summed E-state index contributed by atoms with van der Waals surface area (Å²) in [4.78, 5) is 14.3. The van der Waals surface area contributed by atoms with Crippen LogP contribution in [0, 0.1) is 0 Å². The Morgan fingerprint density at radius 2 is 1.52 bits per heavy atom. The normalized spacial score (nSPS) is 10.5. The van der Waals surface area contributed by atoms with E-state index in [1.165, 1.54) is 18.4 Å². The molecule has 4 heteroatoms. The van der Waals surface area contributed by atoms with Crippen molar-refractivity contribution in [2.75, 3.05) is 26.1 Å². The topological polar surface area (TPSA) is 34.5 Å². The zero-order valence-corrected chi connectivity index (χ0v) is 14.8. The molecule has 0 saturated heterocycles. The van der Waals surface area contributed by atoms with Crippen molar-refractivity contribution in [3.63, 3.8) is 0 Å². The Morgan fingerprint density at radius 3 is 2.08 bits per heavy atom. The van der Waals surface area contributed by atoms with Gasteiger partial charge in [-0.05, 0) is 41.0 Å². The first-order valence-corrected chi connectivity index (χ1v) is 8.18. The van der Waals surface area contributed by atoms with Gasteiger partial charge >= 0.3 is 0 Å². The smallest absolute Gasteiger partial charge is 0.293 e.